The summed E-state index contributed by atoms with van der Waals surface area (Å²) in [5.41, 5.74) is 2.40. The Bertz CT molecular complexity index is 1440. The van der Waals surface area contributed by atoms with E-state index in [0.29, 0.717) is 32.8 Å². The Morgan fingerprint density at radius 3 is 2.62 bits per heavy atom. The molecule has 4 rings (SSSR count). The van der Waals surface area contributed by atoms with E-state index in [1.165, 1.54) is 18.4 Å². The van der Waals surface area contributed by atoms with E-state index in [1.54, 1.807) is 4.57 Å². The molecule has 0 N–H and O–H groups in total. The number of hydrogen-bond donors (Lipinski definition) is 0. The highest BCUT2D eigenvalue weighted by Crippen LogP contribution is 2.32. The van der Waals surface area contributed by atoms with Crippen LogP contribution in [0.5, 0.6) is 5.75 Å². The van der Waals surface area contributed by atoms with Crippen molar-refractivity contribution in [1.29, 1.82) is 0 Å². The molecule has 3 aromatic rings. The second kappa shape index (κ2) is 10.1. The first-order chi connectivity index (χ1) is 16.3. The lowest BCUT2D eigenvalue weighted by atomic mass is 9.95. The molecule has 1 atom stereocenters. The van der Waals surface area contributed by atoms with Crippen LogP contribution in [-0.4, -0.2) is 23.8 Å². The highest BCUT2D eigenvalue weighted by molar-refractivity contribution is 9.10. The maximum Gasteiger partial charge on any atom is 0.338 e. The van der Waals surface area contributed by atoms with Crippen LogP contribution in [0.1, 0.15) is 44.4 Å². The predicted molar refractivity (Wildman–Crippen MR) is 137 cm³/mol. The number of carbonyl (C=O) groups excluding carboxylic acids is 1. The van der Waals surface area contributed by atoms with E-state index >= 15 is 0 Å². The van der Waals surface area contributed by atoms with Crippen LogP contribution in [0, 0.1) is 0 Å². The molecule has 6 nitrogen and oxygen atoms in total. The maximum atomic E-state index is 13.7. The first-order valence-electron chi connectivity index (χ1n) is 11.0. The highest BCUT2D eigenvalue weighted by atomic mass is 79.9. The van der Waals surface area contributed by atoms with Crippen molar-refractivity contribution in [2.75, 3.05) is 7.11 Å². The van der Waals surface area contributed by atoms with Crippen LogP contribution in [0.3, 0.4) is 0 Å². The molecule has 2 aromatic carbocycles. The van der Waals surface area contributed by atoms with E-state index in [4.69, 9.17) is 14.5 Å². The molecule has 0 saturated carbocycles. The van der Waals surface area contributed by atoms with Crippen LogP contribution >= 0.6 is 27.3 Å². The van der Waals surface area contributed by atoms with E-state index in [2.05, 4.69) is 15.9 Å². The minimum absolute atomic E-state index is 0.0117. The van der Waals surface area contributed by atoms with Crippen LogP contribution in [0.25, 0.3) is 6.08 Å². The lowest BCUT2D eigenvalue weighted by molar-refractivity contribution is -0.136. The lowest BCUT2D eigenvalue weighted by Crippen LogP contribution is -2.40. The number of rotatable bonds is 6. The van der Waals surface area contributed by atoms with Crippen molar-refractivity contribution in [3.05, 3.63) is 95.1 Å². The molecular weight excluding hydrogens is 516 g/mol. The van der Waals surface area contributed by atoms with Gasteiger partial charge in [0.1, 0.15) is 5.75 Å². The molecule has 176 valence electrons. The number of thiazole rings is 1. The zero-order chi connectivity index (χ0) is 24.4. The summed E-state index contributed by atoms with van der Waals surface area (Å²) in [4.78, 5) is 31.8. The number of carbonyl (C=O) groups is 1. The quantitative estimate of drug-likeness (QED) is 0.436. The van der Waals surface area contributed by atoms with Crippen LogP contribution in [0.4, 0.5) is 0 Å². The summed E-state index contributed by atoms with van der Waals surface area (Å²) in [7, 11) is 1.35. The van der Waals surface area contributed by atoms with Crippen molar-refractivity contribution in [1.82, 2.24) is 4.57 Å². The fourth-order valence-electron chi connectivity index (χ4n) is 3.95. The Balaban J connectivity index is 1.98. The summed E-state index contributed by atoms with van der Waals surface area (Å²) in [6, 6.07) is 14.6. The van der Waals surface area contributed by atoms with Crippen molar-refractivity contribution in [2.24, 2.45) is 4.99 Å². The van der Waals surface area contributed by atoms with Gasteiger partial charge >= 0.3 is 5.97 Å². The van der Waals surface area contributed by atoms with Crippen LogP contribution in [0.15, 0.2) is 74.1 Å². The fourth-order valence-corrected chi connectivity index (χ4v) is 5.34. The van der Waals surface area contributed by atoms with Crippen LogP contribution < -0.4 is 19.6 Å². The number of fused-ring (bicyclic) bond motifs is 1. The molecule has 0 spiro atoms. The molecule has 1 aliphatic rings. The number of ether oxygens (including phenoxy) is 2. The highest BCUT2D eigenvalue weighted by Gasteiger charge is 2.33. The minimum atomic E-state index is -0.615. The Morgan fingerprint density at radius 2 is 1.97 bits per heavy atom. The molecule has 34 heavy (non-hydrogen) atoms. The molecule has 0 saturated heterocycles. The van der Waals surface area contributed by atoms with Crippen LogP contribution in [0.2, 0.25) is 0 Å². The van der Waals surface area contributed by atoms with Gasteiger partial charge in [0.25, 0.3) is 5.56 Å². The van der Waals surface area contributed by atoms with Crippen molar-refractivity contribution < 1.29 is 14.3 Å². The maximum absolute atomic E-state index is 13.7. The molecule has 1 aromatic heterocycles. The largest absolute Gasteiger partial charge is 0.490 e. The van der Waals surface area contributed by atoms with E-state index < -0.39 is 12.0 Å². The number of halogens is 1. The van der Waals surface area contributed by atoms with E-state index in [1.807, 2.05) is 75.4 Å². The van der Waals surface area contributed by atoms with Crippen molar-refractivity contribution >= 4 is 39.3 Å². The van der Waals surface area contributed by atoms with E-state index in [-0.39, 0.29) is 11.7 Å². The van der Waals surface area contributed by atoms with Gasteiger partial charge in [-0.3, -0.25) is 9.36 Å². The minimum Gasteiger partial charge on any atom is -0.490 e. The van der Waals surface area contributed by atoms with Gasteiger partial charge in [-0.15, -0.1) is 0 Å². The summed E-state index contributed by atoms with van der Waals surface area (Å²) >= 11 is 4.81. The molecule has 2 heterocycles. The zero-order valence-electron chi connectivity index (χ0n) is 19.4. The summed E-state index contributed by atoms with van der Waals surface area (Å²) in [5.74, 6) is 0.205. The average molecular weight is 541 g/mol. The number of esters is 1. The molecule has 0 amide bonds. The first-order valence-corrected chi connectivity index (χ1v) is 12.6. The van der Waals surface area contributed by atoms with Gasteiger partial charge < -0.3 is 9.47 Å². The molecule has 0 unspecified atom stereocenters. The Kier molecular flexibility index (Phi) is 7.19. The Labute approximate surface area is 210 Å². The van der Waals surface area contributed by atoms with Gasteiger partial charge in [-0.2, -0.15) is 0 Å². The predicted octanol–water partition coefficient (Wildman–Crippen LogP) is 4.35. The molecular formula is C26H25BrN2O4S. The van der Waals surface area contributed by atoms with Crippen LogP contribution in [-0.2, 0) is 9.53 Å². The first kappa shape index (κ1) is 24.2. The second-order valence-electron chi connectivity index (χ2n) is 8.05. The third-order valence-corrected chi connectivity index (χ3v) is 6.86. The second-order valence-corrected chi connectivity index (χ2v) is 9.97. The van der Waals surface area contributed by atoms with Gasteiger partial charge in [0.15, 0.2) is 4.80 Å². The summed E-state index contributed by atoms with van der Waals surface area (Å²) in [5, 5.41) is 0. The summed E-state index contributed by atoms with van der Waals surface area (Å²) in [6.45, 7) is 5.86. The van der Waals surface area contributed by atoms with Crippen molar-refractivity contribution in [3.8, 4) is 5.75 Å². The lowest BCUT2D eigenvalue weighted by Gasteiger charge is -2.25. The smallest absolute Gasteiger partial charge is 0.338 e. The number of methoxy groups -OCH3 is 1. The van der Waals surface area contributed by atoms with E-state index in [0.717, 1.165) is 15.6 Å². The van der Waals surface area contributed by atoms with Gasteiger partial charge in [-0.1, -0.05) is 64.5 Å². The van der Waals surface area contributed by atoms with Gasteiger partial charge in [0.2, 0.25) is 0 Å². The molecule has 8 heteroatoms. The SMILES string of the molecule is CCC1=C(C(=O)OC)[C@H](c2ccccc2)n2c(s/c(=C/c3cc(Br)ccc3OC(C)C)c2=O)=N1. The van der Waals surface area contributed by atoms with E-state index in [9.17, 15) is 9.59 Å². The van der Waals surface area contributed by atoms with Gasteiger partial charge in [0.05, 0.1) is 35.1 Å². The molecule has 0 bridgehead atoms. The fraction of sp³-hybridized carbons (Fsp3) is 0.269. The molecule has 0 fully saturated rings. The summed E-state index contributed by atoms with van der Waals surface area (Å²) < 4.78 is 14.0. The number of aromatic nitrogens is 1. The molecule has 0 radical (unpaired) electrons. The monoisotopic (exact) mass is 540 g/mol. The average Bonchev–Trinajstić information content (AvgIpc) is 3.14. The third-order valence-electron chi connectivity index (χ3n) is 5.39. The number of allylic oxidation sites excluding steroid dienone is 1. The number of benzene rings is 2. The normalized spacial score (nSPS) is 15.8. The number of nitrogens with zero attached hydrogens (tertiary/aromatic N) is 2. The van der Waals surface area contributed by atoms with Crippen molar-refractivity contribution in [2.45, 2.75) is 39.3 Å². The Morgan fingerprint density at radius 1 is 1.24 bits per heavy atom. The third kappa shape index (κ3) is 4.65. The summed E-state index contributed by atoms with van der Waals surface area (Å²) in [6.07, 6.45) is 2.35. The molecule has 0 aliphatic carbocycles. The standard InChI is InChI=1S/C26H25BrN2O4S/c1-5-19-22(25(31)32-4)23(16-9-7-6-8-10-16)29-24(30)21(34-26(29)28-19)14-17-13-18(27)11-12-20(17)33-15(2)3/h6-15,23H,5H2,1-4H3/b21-14+/t23-/m0/s1. The number of hydrogen-bond acceptors (Lipinski definition) is 6. The topological polar surface area (TPSA) is 69.9 Å². The molecule has 1 aliphatic heterocycles. The zero-order valence-corrected chi connectivity index (χ0v) is 21.8. The van der Waals surface area contributed by atoms with Gasteiger partial charge in [0, 0.05) is 10.0 Å². The van der Waals surface area contributed by atoms with Gasteiger partial charge in [-0.25, -0.2) is 9.79 Å². The van der Waals surface area contributed by atoms with Gasteiger partial charge in [-0.05, 0) is 50.1 Å². The Hall–Kier alpha value is -2.97. The van der Waals surface area contributed by atoms with Crippen molar-refractivity contribution in [3.63, 3.8) is 0 Å².